The molecule has 1 aliphatic rings. The Morgan fingerprint density at radius 2 is 1.31 bits per heavy atom. The van der Waals surface area contributed by atoms with Crippen molar-refractivity contribution in [2.45, 2.75) is 117 Å². The summed E-state index contributed by atoms with van der Waals surface area (Å²) in [5.74, 6) is 2.02. The van der Waals surface area contributed by atoms with Crippen LogP contribution < -0.4 is 0 Å². The van der Waals surface area contributed by atoms with Crippen molar-refractivity contribution in [2.75, 3.05) is 0 Å². The Morgan fingerprint density at radius 1 is 0.862 bits per heavy atom. The first-order valence-corrected chi connectivity index (χ1v) is 11.3. The van der Waals surface area contributed by atoms with Gasteiger partial charge in [0.2, 0.25) is 0 Å². The van der Waals surface area contributed by atoms with Gasteiger partial charge in [-0.1, -0.05) is 64.9 Å². The number of ketones is 1. The average Bonchev–Trinajstić information content (AvgIpc) is 2.79. The summed E-state index contributed by atoms with van der Waals surface area (Å²) in [6, 6.07) is 0. The molecule has 0 aromatic rings. The molecule has 0 aliphatic carbocycles. The molecule has 1 rings (SSSR count). The van der Waals surface area contributed by atoms with Gasteiger partial charge in [0, 0.05) is 11.8 Å². The minimum Gasteiger partial charge on any atom is -0.400 e. The monoisotopic (exact) mass is 408 g/mol. The zero-order valence-electron chi connectivity index (χ0n) is 19.8. The van der Waals surface area contributed by atoms with Crippen molar-refractivity contribution in [3.8, 4) is 0 Å². The Hall–Kier alpha value is -0.935. The van der Waals surface area contributed by atoms with Gasteiger partial charge >= 0.3 is 7.12 Å². The van der Waals surface area contributed by atoms with Crippen molar-refractivity contribution >= 4 is 12.9 Å². The molecule has 1 aliphatic heterocycles. The Labute approximate surface area is 178 Å². The van der Waals surface area contributed by atoms with E-state index in [1.54, 1.807) is 12.1 Å². The van der Waals surface area contributed by atoms with Gasteiger partial charge in [0.05, 0.1) is 17.0 Å². The molecule has 166 valence electrons. The van der Waals surface area contributed by atoms with Crippen LogP contribution in [0.2, 0.25) is 0 Å². The molecule has 0 saturated carbocycles. The quantitative estimate of drug-likeness (QED) is 0.195. The van der Waals surface area contributed by atoms with Crippen LogP contribution >= 0.6 is 0 Å². The lowest BCUT2D eigenvalue weighted by molar-refractivity contribution is -0.126. The van der Waals surface area contributed by atoms with Gasteiger partial charge in [-0.25, -0.2) is 4.39 Å². The van der Waals surface area contributed by atoms with Crippen LogP contribution in [0.3, 0.4) is 0 Å². The lowest BCUT2D eigenvalue weighted by Crippen LogP contribution is -2.41. The highest BCUT2D eigenvalue weighted by Gasteiger charge is 2.49. The van der Waals surface area contributed by atoms with Gasteiger partial charge in [0.15, 0.2) is 0 Å². The summed E-state index contributed by atoms with van der Waals surface area (Å²) in [5.41, 5.74) is -0.949. The minimum absolute atomic E-state index is 0.0986. The highest BCUT2D eigenvalue weighted by Crippen LogP contribution is 2.36. The van der Waals surface area contributed by atoms with Crippen molar-refractivity contribution in [1.29, 1.82) is 0 Å². The second-order valence-corrected chi connectivity index (χ2v) is 10.3. The van der Waals surface area contributed by atoms with E-state index in [0.717, 1.165) is 44.9 Å². The standard InChI is InChI=1S/C24H42BFO3/c1-22(2,3)21(27)18-14-12-10-8-9-11-13-16-20(26)17-15-19-25-28-23(4,5)24(6,7)29-25/h15,17,19H,8-14,16,18H2,1-7H3/b19-15+,20-17+. The highest BCUT2D eigenvalue weighted by atomic mass is 19.1. The lowest BCUT2D eigenvalue weighted by atomic mass is 9.88. The largest absolute Gasteiger partial charge is 0.487 e. The van der Waals surface area contributed by atoms with Crippen molar-refractivity contribution < 1.29 is 18.5 Å². The number of unbranched alkanes of at least 4 members (excludes halogenated alkanes) is 6. The highest BCUT2D eigenvalue weighted by molar-refractivity contribution is 6.51. The molecule has 0 bridgehead atoms. The van der Waals surface area contributed by atoms with Gasteiger partial charge < -0.3 is 9.31 Å². The van der Waals surface area contributed by atoms with Gasteiger partial charge in [0.25, 0.3) is 0 Å². The van der Waals surface area contributed by atoms with Crippen LogP contribution in [0.5, 0.6) is 0 Å². The first-order valence-electron chi connectivity index (χ1n) is 11.3. The zero-order chi connectivity index (χ0) is 22.1. The van der Waals surface area contributed by atoms with E-state index in [1.165, 1.54) is 6.08 Å². The third kappa shape index (κ3) is 9.61. The predicted molar refractivity (Wildman–Crippen MR) is 120 cm³/mol. The van der Waals surface area contributed by atoms with Crippen LogP contribution in [0.25, 0.3) is 0 Å². The Morgan fingerprint density at radius 3 is 1.79 bits per heavy atom. The second-order valence-electron chi connectivity index (χ2n) is 10.3. The van der Waals surface area contributed by atoms with Crippen LogP contribution in [0.1, 0.15) is 106 Å². The smallest absolute Gasteiger partial charge is 0.400 e. The number of allylic oxidation sites excluding steroid dienone is 3. The van der Waals surface area contributed by atoms with E-state index >= 15 is 0 Å². The molecule has 0 unspecified atom stereocenters. The zero-order valence-corrected chi connectivity index (χ0v) is 19.8. The molecule has 1 saturated heterocycles. The molecule has 0 atom stereocenters. The Kier molecular flexibility index (Phi) is 10.3. The third-order valence-corrected chi connectivity index (χ3v) is 5.97. The third-order valence-electron chi connectivity index (χ3n) is 5.97. The van der Waals surface area contributed by atoms with E-state index in [0.29, 0.717) is 18.6 Å². The van der Waals surface area contributed by atoms with E-state index in [2.05, 4.69) is 0 Å². The maximum atomic E-state index is 13.9. The van der Waals surface area contributed by atoms with Crippen LogP contribution in [-0.2, 0) is 14.1 Å². The number of carbonyl (C=O) groups excluding carboxylic acids is 1. The van der Waals surface area contributed by atoms with Crippen molar-refractivity contribution in [2.24, 2.45) is 5.41 Å². The summed E-state index contributed by atoms with van der Waals surface area (Å²) in [5, 5.41) is 0. The molecule has 0 aromatic heterocycles. The fourth-order valence-corrected chi connectivity index (χ4v) is 3.14. The fraction of sp³-hybridized carbons (Fsp3) is 0.792. The number of Topliss-reactive ketones (excluding diaryl/α,β-unsaturated/α-hetero) is 1. The van der Waals surface area contributed by atoms with E-state index in [1.807, 2.05) is 48.5 Å². The Balaban J connectivity index is 2.08. The second kappa shape index (κ2) is 11.5. The SMILES string of the molecule is CC(C)(C)C(=O)CCCCCCCCC/C(F)=C\C=C\B1OC(C)(C)C(C)(C)O1. The summed E-state index contributed by atoms with van der Waals surface area (Å²) in [6.07, 6.45) is 11.8. The van der Waals surface area contributed by atoms with Gasteiger partial charge in [-0.2, -0.15) is 0 Å². The van der Waals surface area contributed by atoms with Crippen LogP contribution in [0.15, 0.2) is 24.0 Å². The number of carbonyl (C=O) groups is 1. The molecule has 5 heteroatoms. The number of halogens is 1. The molecule has 0 radical (unpaired) electrons. The van der Waals surface area contributed by atoms with Crippen molar-refractivity contribution in [1.82, 2.24) is 0 Å². The van der Waals surface area contributed by atoms with E-state index in [-0.39, 0.29) is 22.4 Å². The number of hydrogen-bond donors (Lipinski definition) is 0. The maximum absolute atomic E-state index is 13.9. The number of rotatable bonds is 12. The molecule has 1 heterocycles. The van der Waals surface area contributed by atoms with Gasteiger partial charge in [-0.3, -0.25) is 4.79 Å². The first kappa shape index (κ1) is 26.1. The van der Waals surface area contributed by atoms with Gasteiger partial charge in [-0.15, -0.1) is 0 Å². The molecular weight excluding hydrogens is 366 g/mol. The van der Waals surface area contributed by atoms with Crippen LogP contribution in [0.4, 0.5) is 4.39 Å². The topological polar surface area (TPSA) is 35.5 Å². The molecule has 0 spiro atoms. The van der Waals surface area contributed by atoms with Crippen LogP contribution in [-0.4, -0.2) is 24.1 Å². The summed E-state index contributed by atoms with van der Waals surface area (Å²) >= 11 is 0. The van der Waals surface area contributed by atoms with Gasteiger partial charge in [-0.05, 0) is 53.0 Å². The summed E-state index contributed by atoms with van der Waals surface area (Å²) in [7, 11) is -0.428. The summed E-state index contributed by atoms with van der Waals surface area (Å²) < 4.78 is 25.6. The van der Waals surface area contributed by atoms with E-state index in [9.17, 15) is 9.18 Å². The molecule has 0 N–H and O–H groups in total. The maximum Gasteiger partial charge on any atom is 0.487 e. The molecule has 0 aromatic carbocycles. The molecular formula is C24H42BFO3. The van der Waals surface area contributed by atoms with Crippen molar-refractivity contribution in [3.05, 3.63) is 24.0 Å². The van der Waals surface area contributed by atoms with Crippen LogP contribution in [0, 0.1) is 5.41 Å². The molecule has 3 nitrogen and oxygen atoms in total. The van der Waals surface area contributed by atoms with Gasteiger partial charge in [0.1, 0.15) is 5.78 Å². The van der Waals surface area contributed by atoms with E-state index < -0.39 is 7.12 Å². The van der Waals surface area contributed by atoms with E-state index in [4.69, 9.17) is 9.31 Å². The first-order chi connectivity index (χ1) is 13.3. The predicted octanol–water partition coefficient (Wildman–Crippen LogP) is 7.15. The number of hydrogen-bond acceptors (Lipinski definition) is 3. The average molecular weight is 408 g/mol. The summed E-state index contributed by atoms with van der Waals surface area (Å²) in [6.45, 7) is 14.0. The molecule has 0 amide bonds. The fourth-order valence-electron chi connectivity index (χ4n) is 3.14. The normalized spacial score (nSPS) is 19.3. The molecule has 29 heavy (non-hydrogen) atoms. The molecule has 1 fully saturated rings. The van der Waals surface area contributed by atoms with Crippen molar-refractivity contribution in [3.63, 3.8) is 0 Å². The summed E-state index contributed by atoms with van der Waals surface area (Å²) in [4.78, 5) is 11.8. The minimum atomic E-state index is -0.428. The Bertz CT molecular complexity index is 557. The lowest BCUT2D eigenvalue weighted by Gasteiger charge is -2.32.